The van der Waals surface area contributed by atoms with Crippen molar-refractivity contribution < 1.29 is 0 Å². The van der Waals surface area contributed by atoms with Gasteiger partial charge in [0.2, 0.25) is 0 Å². The lowest BCUT2D eigenvalue weighted by atomic mass is 9.43. The van der Waals surface area contributed by atoms with Crippen molar-refractivity contribution in [3.05, 3.63) is 230 Å². The first kappa shape index (κ1) is 38.4. The number of fused-ring (bicyclic) bond motifs is 4. The van der Waals surface area contributed by atoms with Crippen molar-refractivity contribution in [2.24, 2.45) is 23.7 Å². The normalized spacial score (nSPS) is 21.0. The van der Waals surface area contributed by atoms with Crippen molar-refractivity contribution in [2.75, 3.05) is 9.80 Å². The number of hydrogen-bond acceptors (Lipinski definition) is 2. The Kier molecular flexibility index (Phi) is 8.28. The first-order valence-corrected chi connectivity index (χ1v) is 24.9. The summed E-state index contributed by atoms with van der Waals surface area (Å²) in [5.41, 5.74) is 15.7. The highest BCUT2D eigenvalue weighted by Gasteiger charge is 2.62. The van der Waals surface area contributed by atoms with Gasteiger partial charge in [-0.15, -0.1) is 0 Å². The van der Waals surface area contributed by atoms with Crippen LogP contribution in [0.15, 0.2) is 218 Å². The summed E-state index contributed by atoms with van der Waals surface area (Å²) in [5, 5.41) is 10.1. The van der Waals surface area contributed by atoms with Crippen LogP contribution in [0.4, 0.5) is 34.1 Å². The molecule has 4 saturated carbocycles. The van der Waals surface area contributed by atoms with Gasteiger partial charge in [-0.05, 0) is 171 Å². The molecule has 5 aliphatic rings. The van der Waals surface area contributed by atoms with E-state index in [1.807, 2.05) is 0 Å². The van der Waals surface area contributed by atoms with Gasteiger partial charge in [0.25, 0.3) is 0 Å². The molecule has 0 saturated heterocycles. The summed E-state index contributed by atoms with van der Waals surface area (Å²) in [4.78, 5) is 5.06. The van der Waals surface area contributed by atoms with Crippen molar-refractivity contribution in [1.29, 1.82) is 0 Å². The van der Waals surface area contributed by atoms with Gasteiger partial charge in [-0.1, -0.05) is 164 Å². The van der Waals surface area contributed by atoms with E-state index in [9.17, 15) is 0 Å². The topological polar surface area (TPSA) is 6.48 Å². The van der Waals surface area contributed by atoms with Crippen molar-refractivity contribution in [2.45, 2.75) is 37.5 Å². The first-order chi connectivity index (χ1) is 33.7. The van der Waals surface area contributed by atoms with E-state index in [2.05, 4.69) is 228 Å². The molecule has 0 N–H and O–H groups in total. The standard InChI is InChI=1S/C66H50N2/c1-3-17-50(18-4-1)67(52-21-11-16-47(41-52)54-24-12-15-44-14-7-8-22-53(44)54)60-34-30-45-29-33-57-61(35-31-46-28-32-56(60)63(45)64(46)57)68(51-19-5-2-6-20-51)62-27-13-26-59-65(62)55-23-9-10-25-58(55)66(59)48-37-42-36-43(39-48)40-49(66)38-42/h1-35,41-43,48-49H,36-40H2. The van der Waals surface area contributed by atoms with Crippen molar-refractivity contribution in [3.8, 4) is 22.3 Å². The predicted octanol–water partition coefficient (Wildman–Crippen LogP) is 18.1. The average molecular weight is 871 g/mol. The zero-order valence-corrected chi connectivity index (χ0v) is 38.0. The second kappa shape index (κ2) is 14.7. The SMILES string of the molecule is c1ccc(N(c2cccc(-c3cccc4ccccc34)c2)c2ccc3ccc4c(N(c5ccccc5)c5cccc6c5-c5ccccc5C65C6CC7CC(C6)CC5C7)ccc5ccc2c3c54)cc1. The minimum atomic E-state index is 0.0931. The molecule has 11 aromatic rings. The molecule has 16 rings (SSSR count). The molecule has 0 aromatic heterocycles. The smallest absolute Gasteiger partial charge is 0.0543 e. The zero-order chi connectivity index (χ0) is 44.5. The van der Waals surface area contributed by atoms with E-state index in [0.717, 1.165) is 28.9 Å². The van der Waals surface area contributed by atoms with E-state index >= 15 is 0 Å². The van der Waals surface area contributed by atoms with E-state index in [0.29, 0.717) is 11.8 Å². The predicted molar refractivity (Wildman–Crippen MR) is 286 cm³/mol. The molecular formula is C66H50N2. The Morgan fingerprint density at radius 1 is 0.338 bits per heavy atom. The summed E-state index contributed by atoms with van der Waals surface area (Å²) in [6.45, 7) is 0. The van der Waals surface area contributed by atoms with Gasteiger partial charge in [0, 0.05) is 38.8 Å². The van der Waals surface area contributed by atoms with E-state index in [-0.39, 0.29) is 5.41 Å². The van der Waals surface area contributed by atoms with Crippen LogP contribution < -0.4 is 9.80 Å². The maximum atomic E-state index is 2.60. The fourth-order valence-electron chi connectivity index (χ4n) is 14.8. The van der Waals surface area contributed by atoms with Crippen LogP contribution in [-0.4, -0.2) is 0 Å². The van der Waals surface area contributed by atoms with Crippen LogP contribution in [-0.2, 0) is 5.41 Å². The second-order valence-electron chi connectivity index (χ2n) is 20.4. The lowest BCUT2D eigenvalue weighted by Gasteiger charge is -2.61. The third-order valence-electron chi connectivity index (χ3n) is 17.1. The molecule has 2 nitrogen and oxygen atoms in total. The van der Waals surface area contributed by atoms with E-state index in [4.69, 9.17) is 0 Å². The third kappa shape index (κ3) is 5.40. The van der Waals surface area contributed by atoms with Gasteiger partial charge >= 0.3 is 0 Å². The van der Waals surface area contributed by atoms with Crippen LogP contribution in [0, 0.1) is 23.7 Å². The van der Waals surface area contributed by atoms with Crippen molar-refractivity contribution in [3.63, 3.8) is 0 Å². The number of benzene rings is 11. The molecule has 0 heterocycles. The van der Waals surface area contributed by atoms with Crippen LogP contribution in [0.25, 0.3) is 65.3 Å². The third-order valence-corrected chi connectivity index (χ3v) is 17.1. The zero-order valence-electron chi connectivity index (χ0n) is 38.0. The second-order valence-corrected chi connectivity index (χ2v) is 20.4. The van der Waals surface area contributed by atoms with Gasteiger partial charge in [0.1, 0.15) is 0 Å². The van der Waals surface area contributed by atoms with Gasteiger partial charge in [-0.2, -0.15) is 0 Å². The number of hydrogen-bond donors (Lipinski definition) is 0. The Labute approximate surface area is 398 Å². The highest BCUT2D eigenvalue weighted by molar-refractivity contribution is 6.28. The number of para-hydroxylation sites is 2. The molecule has 1 spiro atoms. The molecule has 4 bridgehead atoms. The molecule has 0 aliphatic heterocycles. The van der Waals surface area contributed by atoms with Crippen LogP contribution in [0.3, 0.4) is 0 Å². The highest BCUT2D eigenvalue weighted by Crippen LogP contribution is 2.70. The fourth-order valence-corrected chi connectivity index (χ4v) is 14.8. The number of anilines is 6. The van der Waals surface area contributed by atoms with Gasteiger partial charge < -0.3 is 9.80 Å². The highest BCUT2D eigenvalue weighted by atomic mass is 15.2. The molecule has 2 heteroatoms. The summed E-state index contributed by atoms with van der Waals surface area (Å²) in [5.74, 6) is 3.23. The Morgan fingerprint density at radius 2 is 0.868 bits per heavy atom. The van der Waals surface area contributed by atoms with E-state index in [1.54, 1.807) is 11.1 Å². The minimum absolute atomic E-state index is 0.0931. The van der Waals surface area contributed by atoms with Crippen LogP contribution in [0.5, 0.6) is 0 Å². The van der Waals surface area contributed by atoms with Crippen molar-refractivity contribution in [1.82, 2.24) is 0 Å². The monoisotopic (exact) mass is 870 g/mol. The number of nitrogens with zero attached hydrogens (tertiary/aromatic N) is 2. The largest absolute Gasteiger partial charge is 0.310 e. The lowest BCUT2D eigenvalue weighted by molar-refractivity contribution is -0.0399. The first-order valence-electron chi connectivity index (χ1n) is 24.9. The van der Waals surface area contributed by atoms with Crippen LogP contribution in [0.2, 0.25) is 0 Å². The average Bonchev–Trinajstić information content (AvgIpc) is 3.69. The van der Waals surface area contributed by atoms with E-state index < -0.39 is 0 Å². The van der Waals surface area contributed by atoms with Crippen LogP contribution >= 0.6 is 0 Å². The molecule has 68 heavy (non-hydrogen) atoms. The summed E-state index contributed by atoms with van der Waals surface area (Å²) < 4.78 is 0. The summed E-state index contributed by atoms with van der Waals surface area (Å²) in [6, 6.07) is 82.3. The molecule has 0 radical (unpaired) electrons. The van der Waals surface area contributed by atoms with Crippen LogP contribution in [0.1, 0.15) is 43.2 Å². The Bertz CT molecular complexity index is 3740. The number of rotatable bonds is 7. The molecular weight excluding hydrogens is 821 g/mol. The molecule has 0 unspecified atom stereocenters. The Morgan fingerprint density at radius 3 is 1.59 bits per heavy atom. The van der Waals surface area contributed by atoms with E-state index in [1.165, 1.54) is 115 Å². The maximum Gasteiger partial charge on any atom is 0.0543 e. The van der Waals surface area contributed by atoms with Gasteiger partial charge in [0.15, 0.2) is 0 Å². The van der Waals surface area contributed by atoms with Gasteiger partial charge in [0.05, 0.1) is 17.1 Å². The van der Waals surface area contributed by atoms with Crippen molar-refractivity contribution >= 4 is 77.2 Å². The summed E-state index contributed by atoms with van der Waals surface area (Å²) in [6.07, 6.45) is 6.96. The van der Waals surface area contributed by atoms with Gasteiger partial charge in [-0.25, -0.2) is 0 Å². The Balaban J connectivity index is 0.942. The minimum Gasteiger partial charge on any atom is -0.310 e. The summed E-state index contributed by atoms with van der Waals surface area (Å²) in [7, 11) is 0. The maximum absolute atomic E-state index is 2.60. The molecule has 0 atom stereocenters. The molecule has 4 fully saturated rings. The molecule has 11 aromatic carbocycles. The molecule has 324 valence electrons. The molecule has 5 aliphatic carbocycles. The quantitative estimate of drug-likeness (QED) is 0.147. The van der Waals surface area contributed by atoms with Gasteiger partial charge in [-0.3, -0.25) is 0 Å². The summed E-state index contributed by atoms with van der Waals surface area (Å²) >= 11 is 0. The molecule has 0 amide bonds. The lowest BCUT2D eigenvalue weighted by Crippen LogP contribution is -2.55. The Hall–Kier alpha value is -7.68. The fraction of sp³-hybridized carbons (Fsp3) is 0.152.